The fraction of sp³-hybridized carbons (Fsp3) is 0.292. The Morgan fingerprint density at radius 2 is 1.62 bits per heavy atom. The zero-order valence-electron chi connectivity index (χ0n) is 16.2. The number of anilines is 1. The Hall–Kier alpha value is -3.21. The van der Waals surface area contributed by atoms with Gasteiger partial charge in [-0.2, -0.15) is 0 Å². The van der Waals surface area contributed by atoms with Gasteiger partial charge in [-0.25, -0.2) is 4.90 Å². The number of benzene rings is 2. The van der Waals surface area contributed by atoms with Crippen LogP contribution in [-0.2, 0) is 16.1 Å². The minimum atomic E-state index is -0.238. The molecule has 5 heteroatoms. The maximum absolute atomic E-state index is 13.0. The van der Waals surface area contributed by atoms with Crippen molar-refractivity contribution in [3.05, 3.63) is 77.9 Å². The molecule has 1 saturated heterocycles. The quantitative estimate of drug-likeness (QED) is 0.599. The summed E-state index contributed by atoms with van der Waals surface area (Å²) in [7, 11) is 1.75. The number of rotatable bonds is 4. The highest BCUT2D eigenvalue weighted by atomic mass is 16.2. The Labute approximate surface area is 169 Å². The van der Waals surface area contributed by atoms with Crippen LogP contribution in [0.3, 0.4) is 0 Å². The van der Waals surface area contributed by atoms with Crippen molar-refractivity contribution >= 4 is 23.4 Å². The van der Waals surface area contributed by atoms with Crippen LogP contribution in [0, 0.1) is 23.7 Å². The average Bonchev–Trinajstić information content (AvgIpc) is 3.42. The first-order chi connectivity index (χ1) is 14.0. The van der Waals surface area contributed by atoms with Crippen LogP contribution in [0.25, 0.3) is 0 Å². The second kappa shape index (κ2) is 6.69. The SMILES string of the molecule is CN(Cc1ccccc1)C(=O)c1cccc(N2C(=O)C3C4C=CC(C4)C3C2=O)c1. The van der Waals surface area contributed by atoms with E-state index in [4.69, 9.17) is 0 Å². The zero-order valence-corrected chi connectivity index (χ0v) is 16.2. The van der Waals surface area contributed by atoms with Crippen LogP contribution >= 0.6 is 0 Å². The molecule has 0 spiro atoms. The Balaban J connectivity index is 1.38. The molecule has 2 fully saturated rings. The standard InChI is InChI=1S/C24H22N2O3/c1-25(14-15-6-3-2-4-7-15)22(27)18-8-5-9-19(13-18)26-23(28)20-16-10-11-17(12-16)21(20)24(26)29/h2-11,13,16-17,20-21H,12,14H2,1H3. The molecule has 0 N–H and O–H groups in total. The van der Waals surface area contributed by atoms with Crippen LogP contribution in [0.1, 0.15) is 22.3 Å². The second-order valence-electron chi connectivity index (χ2n) is 8.21. The second-order valence-corrected chi connectivity index (χ2v) is 8.21. The number of carbonyl (C=O) groups is 3. The van der Waals surface area contributed by atoms with E-state index in [0.717, 1.165) is 12.0 Å². The first-order valence-electron chi connectivity index (χ1n) is 10.00. The number of imide groups is 1. The lowest BCUT2D eigenvalue weighted by Crippen LogP contribution is -2.33. The number of fused-ring (bicyclic) bond motifs is 5. The molecule has 5 nitrogen and oxygen atoms in total. The maximum atomic E-state index is 13.0. The molecule has 4 unspecified atom stereocenters. The Morgan fingerprint density at radius 1 is 0.966 bits per heavy atom. The van der Waals surface area contributed by atoms with Crippen LogP contribution in [-0.4, -0.2) is 29.7 Å². The maximum Gasteiger partial charge on any atom is 0.253 e. The summed E-state index contributed by atoms with van der Waals surface area (Å²) in [5.74, 6) is -0.522. The summed E-state index contributed by atoms with van der Waals surface area (Å²) >= 11 is 0. The van der Waals surface area contributed by atoms with E-state index in [1.54, 1.807) is 36.2 Å². The molecule has 1 heterocycles. The highest BCUT2D eigenvalue weighted by Gasteiger charge is 2.59. The number of hydrogen-bond acceptors (Lipinski definition) is 3. The van der Waals surface area contributed by atoms with Gasteiger partial charge in [-0.15, -0.1) is 0 Å². The fourth-order valence-electron chi connectivity index (χ4n) is 5.08. The minimum Gasteiger partial charge on any atom is -0.337 e. The van der Waals surface area contributed by atoms with Crippen LogP contribution in [0.5, 0.6) is 0 Å². The number of allylic oxidation sites excluding steroid dienone is 2. The summed E-state index contributed by atoms with van der Waals surface area (Å²) in [6.45, 7) is 0.491. The summed E-state index contributed by atoms with van der Waals surface area (Å²) in [4.78, 5) is 41.9. The van der Waals surface area contributed by atoms with Crippen molar-refractivity contribution in [2.45, 2.75) is 13.0 Å². The summed E-state index contributed by atoms with van der Waals surface area (Å²) in [5.41, 5.74) is 2.01. The molecule has 2 aliphatic carbocycles. The molecule has 29 heavy (non-hydrogen) atoms. The molecule has 2 aromatic carbocycles. The van der Waals surface area contributed by atoms with E-state index in [-0.39, 0.29) is 41.4 Å². The summed E-state index contributed by atoms with van der Waals surface area (Å²) < 4.78 is 0. The van der Waals surface area contributed by atoms with E-state index in [0.29, 0.717) is 17.8 Å². The van der Waals surface area contributed by atoms with Crippen LogP contribution in [0.4, 0.5) is 5.69 Å². The third-order valence-corrected chi connectivity index (χ3v) is 6.43. The third-order valence-electron chi connectivity index (χ3n) is 6.43. The molecule has 1 aliphatic heterocycles. The normalized spacial score (nSPS) is 26.9. The molecule has 4 atom stereocenters. The van der Waals surface area contributed by atoms with Crippen molar-refractivity contribution in [3.8, 4) is 0 Å². The minimum absolute atomic E-state index is 0.126. The van der Waals surface area contributed by atoms with Gasteiger partial charge in [0, 0.05) is 19.2 Å². The number of amides is 3. The van der Waals surface area contributed by atoms with Crippen molar-refractivity contribution in [1.29, 1.82) is 0 Å². The predicted octanol–water partition coefficient (Wildman–Crippen LogP) is 3.27. The average molecular weight is 386 g/mol. The Morgan fingerprint density at radius 3 is 2.28 bits per heavy atom. The van der Waals surface area contributed by atoms with Gasteiger partial charge < -0.3 is 4.90 Å². The van der Waals surface area contributed by atoms with Crippen LogP contribution in [0.15, 0.2) is 66.7 Å². The summed E-state index contributed by atoms with van der Waals surface area (Å²) in [6, 6.07) is 16.6. The van der Waals surface area contributed by atoms with Crippen LogP contribution < -0.4 is 4.90 Å². The lowest BCUT2D eigenvalue weighted by atomic mass is 9.85. The monoisotopic (exact) mass is 386 g/mol. The van der Waals surface area contributed by atoms with Crippen molar-refractivity contribution in [3.63, 3.8) is 0 Å². The lowest BCUT2D eigenvalue weighted by Gasteiger charge is -2.20. The number of nitrogens with zero attached hydrogens (tertiary/aromatic N) is 2. The fourth-order valence-corrected chi connectivity index (χ4v) is 5.08. The summed E-state index contributed by atoms with van der Waals surface area (Å²) in [6.07, 6.45) is 5.07. The molecule has 1 saturated carbocycles. The molecular formula is C24H22N2O3. The summed E-state index contributed by atoms with van der Waals surface area (Å²) in [5, 5.41) is 0. The molecule has 3 aliphatic rings. The van der Waals surface area contributed by atoms with Gasteiger partial charge in [-0.3, -0.25) is 14.4 Å². The van der Waals surface area contributed by atoms with Crippen LogP contribution in [0.2, 0.25) is 0 Å². The molecule has 3 amide bonds. The highest BCUT2D eigenvalue weighted by Crippen LogP contribution is 2.53. The first-order valence-corrected chi connectivity index (χ1v) is 10.00. The van der Waals surface area contributed by atoms with Crippen molar-refractivity contribution in [1.82, 2.24) is 4.90 Å². The van der Waals surface area contributed by atoms with Gasteiger partial charge in [-0.1, -0.05) is 48.6 Å². The third kappa shape index (κ3) is 2.80. The number of carbonyl (C=O) groups excluding carboxylic acids is 3. The molecule has 2 aromatic rings. The van der Waals surface area contributed by atoms with Gasteiger partial charge in [0.2, 0.25) is 11.8 Å². The largest absolute Gasteiger partial charge is 0.337 e. The van der Waals surface area contributed by atoms with Crippen molar-refractivity contribution in [2.75, 3.05) is 11.9 Å². The molecule has 0 aromatic heterocycles. The van der Waals surface area contributed by atoms with Gasteiger partial charge >= 0.3 is 0 Å². The van der Waals surface area contributed by atoms with E-state index in [1.807, 2.05) is 30.3 Å². The smallest absolute Gasteiger partial charge is 0.253 e. The molecule has 2 bridgehead atoms. The van der Waals surface area contributed by atoms with Gasteiger partial charge in [0.1, 0.15) is 0 Å². The van der Waals surface area contributed by atoms with E-state index >= 15 is 0 Å². The van der Waals surface area contributed by atoms with E-state index < -0.39 is 0 Å². The Kier molecular flexibility index (Phi) is 4.12. The molecular weight excluding hydrogens is 364 g/mol. The van der Waals surface area contributed by atoms with Crippen molar-refractivity contribution in [2.24, 2.45) is 23.7 Å². The first kappa shape index (κ1) is 17.9. The highest BCUT2D eigenvalue weighted by molar-refractivity contribution is 6.23. The molecule has 0 radical (unpaired) electrons. The van der Waals surface area contributed by atoms with E-state index in [1.165, 1.54) is 4.90 Å². The van der Waals surface area contributed by atoms with E-state index in [9.17, 15) is 14.4 Å². The Bertz CT molecular complexity index is 999. The van der Waals surface area contributed by atoms with Gasteiger partial charge in [0.15, 0.2) is 0 Å². The van der Waals surface area contributed by atoms with E-state index in [2.05, 4.69) is 12.2 Å². The van der Waals surface area contributed by atoms with Crippen molar-refractivity contribution < 1.29 is 14.4 Å². The van der Waals surface area contributed by atoms with Gasteiger partial charge in [0.25, 0.3) is 5.91 Å². The van der Waals surface area contributed by atoms with Gasteiger partial charge in [0.05, 0.1) is 17.5 Å². The number of hydrogen-bond donors (Lipinski definition) is 0. The topological polar surface area (TPSA) is 57.7 Å². The predicted molar refractivity (Wildman–Crippen MR) is 109 cm³/mol. The zero-order chi connectivity index (χ0) is 20.1. The lowest BCUT2D eigenvalue weighted by molar-refractivity contribution is -0.123. The molecule has 146 valence electrons. The van der Waals surface area contributed by atoms with Gasteiger partial charge in [-0.05, 0) is 42.0 Å². The molecule has 5 rings (SSSR count).